The van der Waals surface area contributed by atoms with Crippen LogP contribution in [0.3, 0.4) is 0 Å². The minimum absolute atomic E-state index is 0.432. The highest BCUT2D eigenvalue weighted by Gasteiger charge is 2.09. The molecule has 1 N–H and O–H groups in total. The minimum Gasteiger partial charge on any atom is -0.308 e. The topological polar surface area (TPSA) is 60.6 Å². The van der Waals surface area contributed by atoms with Gasteiger partial charge in [-0.05, 0) is 19.4 Å². The lowest BCUT2D eigenvalue weighted by Crippen LogP contribution is -2.24. The highest BCUT2D eigenvalue weighted by Crippen LogP contribution is 2.10. The van der Waals surface area contributed by atoms with Crippen molar-refractivity contribution in [3.05, 3.63) is 30.1 Å². The van der Waals surface area contributed by atoms with Gasteiger partial charge in [-0.1, -0.05) is 20.8 Å². The van der Waals surface area contributed by atoms with E-state index in [9.17, 15) is 0 Å². The van der Waals surface area contributed by atoms with Gasteiger partial charge in [0.05, 0.1) is 18.8 Å². The molecule has 1 atom stereocenters. The van der Waals surface area contributed by atoms with Gasteiger partial charge in [0.1, 0.15) is 12.2 Å². The molecule has 0 aliphatic rings. The molecule has 0 amide bonds. The summed E-state index contributed by atoms with van der Waals surface area (Å²) in [5, 5.41) is 12.2. The Kier molecular flexibility index (Phi) is 4.89. The van der Waals surface area contributed by atoms with Crippen molar-refractivity contribution in [2.45, 2.75) is 59.3 Å². The van der Waals surface area contributed by atoms with Gasteiger partial charge < -0.3 is 5.32 Å². The fourth-order valence-corrected chi connectivity index (χ4v) is 1.90. The average Bonchev–Trinajstić information content (AvgIpc) is 3.05. The Morgan fingerprint density at radius 3 is 2.80 bits per heavy atom. The third kappa shape index (κ3) is 3.66. The molecule has 0 saturated heterocycles. The van der Waals surface area contributed by atoms with Gasteiger partial charge in [-0.2, -0.15) is 10.2 Å². The van der Waals surface area contributed by atoms with E-state index >= 15 is 0 Å². The van der Waals surface area contributed by atoms with E-state index in [0.29, 0.717) is 18.6 Å². The third-order valence-corrected chi connectivity index (χ3v) is 3.38. The van der Waals surface area contributed by atoms with Crippen molar-refractivity contribution >= 4 is 0 Å². The lowest BCUT2D eigenvalue weighted by Gasteiger charge is -2.09. The molecule has 2 rings (SSSR count). The van der Waals surface area contributed by atoms with Crippen LogP contribution in [0, 0.1) is 0 Å². The minimum atomic E-state index is 0.432. The summed E-state index contributed by atoms with van der Waals surface area (Å²) in [6, 6.07) is 2.92. The van der Waals surface area contributed by atoms with E-state index in [1.54, 1.807) is 6.33 Å². The van der Waals surface area contributed by atoms with Gasteiger partial charge in [0, 0.05) is 18.3 Å². The van der Waals surface area contributed by atoms with Gasteiger partial charge in [0.2, 0.25) is 0 Å². The summed E-state index contributed by atoms with van der Waals surface area (Å²) in [5.74, 6) is 0.941. The first-order valence-corrected chi connectivity index (χ1v) is 7.24. The second-order valence-electron chi connectivity index (χ2n) is 5.41. The molecule has 2 heterocycles. The van der Waals surface area contributed by atoms with Crippen molar-refractivity contribution in [2.75, 3.05) is 0 Å². The fourth-order valence-electron chi connectivity index (χ4n) is 1.90. The Morgan fingerprint density at radius 2 is 2.10 bits per heavy atom. The molecule has 0 aromatic carbocycles. The van der Waals surface area contributed by atoms with E-state index in [4.69, 9.17) is 0 Å². The molecular weight excluding hydrogens is 252 g/mol. The van der Waals surface area contributed by atoms with Crippen LogP contribution in [0.25, 0.3) is 0 Å². The quantitative estimate of drug-likeness (QED) is 0.840. The molecule has 0 fully saturated rings. The number of hydrogen-bond acceptors (Lipinski definition) is 4. The first kappa shape index (κ1) is 14.7. The molecule has 2 aromatic heterocycles. The summed E-state index contributed by atoms with van der Waals surface area (Å²) in [6.07, 6.45) is 4.71. The molecule has 0 aliphatic carbocycles. The Labute approximate surface area is 120 Å². The van der Waals surface area contributed by atoms with Gasteiger partial charge in [-0.15, -0.1) is 0 Å². The van der Waals surface area contributed by atoms with Gasteiger partial charge in [-0.25, -0.2) is 9.67 Å². The third-order valence-electron chi connectivity index (χ3n) is 3.38. The zero-order chi connectivity index (χ0) is 14.5. The maximum atomic E-state index is 4.60. The standard InChI is InChI=1S/C14H24N6/c1-5-12(4)19-7-6-13(18-19)9-20-14(16-10-17-20)8-15-11(2)3/h6-7,10-12,15H,5,8-9H2,1-4H3. The molecule has 20 heavy (non-hydrogen) atoms. The zero-order valence-corrected chi connectivity index (χ0v) is 12.7. The average molecular weight is 276 g/mol. The summed E-state index contributed by atoms with van der Waals surface area (Å²) >= 11 is 0. The molecule has 0 spiro atoms. The second kappa shape index (κ2) is 6.65. The lowest BCUT2D eigenvalue weighted by molar-refractivity contribution is 0.469. The summed E-state index contributed by atoms with van der Waals surface area (Å²) in [6.45, 7) is 9.97. The Balaban J connectivity index is 2.03. The molecule has 2 aromatic rings. The van der Waals surface area contributed by atoms with Gasteiger partial charge in [0.15, 0.2) is 0 Å². The monoisotopic (exact) mass is 276 g/mol. The van der Waals surface area contributed by atoms with E-state index in [0.717, 1.165) is 24.5 Å². The first-order chi connectivity index (χ1) is 9.60. The smallest absolute Gasteiger partial charge is 0.141 e. The number of rotatable bonds is 7. The summed E-state index contributed by atoms with van der Waals surface area (Å²) < 4.78 is 3.91. The van der Waals surface area contributed by atoms with Crippen LogP contribution < -0.4 is 5.32 Å². The first-order valence-electron chi connectivity index (χ1n) is 7.24. The normalized spacial score (nSPS) is 13.1. The van der Waals surface area contributed by atoms with Crippen molar-refractivity contribution in [1.82, 2.24) is 29.9 Å². The summed E-state index contributed by atoms with van der Waals surface area (Å²) in [4.78, 5) is 4.30. The van der Waals surface area contributed by atoms with Crippen molar-refractivity contribution in [3.8, 4) is 0 Å². The number of hydrogen-bond donors (Lipinski definition) is 1. The van der Waals surface area contributed by atoms with E-state index in [-0.39, 0.29) is 0 Å². The van der Waals surface area contributed by atoms with Crippen LogP contribution in [0.2, 0.25) is 0 Å². The molecule has 6 heteroatoms. The van der Waals surface area contributed by atoms with Crippen LogP contribution in [0.5, 0.6) is 0 Å². The lowest BCUT2D eigenvalue weighted by atomic mass is 10.3. The summed E-state index contributed by atoms with van der Waals surface area (Å²) in [7, 11) is 0. The van der Waals surface area contributed by atoms with Crippen molar-refractivity contribution < 1.29 is 0 Å². The van der Waals surface area contributed by atoms with Crippen molar-refractivity contribution in [3.63, 3.8) is 0 Å². The predicted octanol–water partition coefficient (Wildman–Crippen LogP) is 1.99. The van der Waals surface area contributed by atoms with E-state index in [2.05, 4.69) is 48.2 Å². The van der Waals surface area contributed by atoms with E-state index < -0.39 is 0 Å². The molecule has 1 unspecified atom stereocenters. The Hall–Kier alpha value is -1.69. The largest absolute Gasteiger partial charge is 0.308 e. The van der Waals surface area contributed by atoms with E-state index in [1.165, 1.54) is 0 Å². The fraction of sp³-hybridized carbons (Fsp3) is 0.643. The highest BCUT2D eigenvalue weighted by molar-refractivity contribution is 5.01. The molecular formula is C14H24N6. The molecule has 6 nitrogen and oxygen atoms in total. The molecule has 110 valence electrons. The Bertz CT molecular complexity index is 527. The molecule has 0 radical (unpaired) electrons. The number of aromatic nitrogens is 5. The molecule has 0 saturated carbocycles. The van der Waals surface area contributed by atoms with Crippen LogP contribution in [0.15, 0.2) is 18.6 Å². The van der Waals surface area contributed by atoms with Gasteiger partial charge >= 0.3 is 0 Å². The van der Waals surface area contributed by atoms with Crippen LogP contribution in [-0.2, 0) is 13.1 Å². The Morgan fingerprint density at radius 1 is 1.30 bits per heavy atom. The van der Waals surface area contributed by atoms with Crippen LogP contribution >= 0.6 is 0 Å². The van der Waals surface area contributed by atoms with Gasteiger partial charge in [0.25, 0.3) is 0 Å². The van der Waals surface area contributed by atoms with Crippen LogP contribution in [0.4, 0.5) is 0 Å². The maximum Gasteiger partial charge on any atom is 0.141 e. The van der Waals surface area contributed by atoms with E-state index in [1.807, 2.05) is 21.6 Å². The SMILES string of the molecule is CCC(C)n1ccc(Cn2ncnc2CNC(C)C)n1. The highest BCUT2D eigenvalue weighted by atomic mass is 15.4. The number of nitrogens with zero attached hydrogens (tertiary/aromatic N) is 5. The van der Waals surface area contributed by atoms with Crippen molar-refractivity contribution in [1.29, 1.82) is 0 Å². The second-order valence-corrected chi connectivity index (χ2v) is 5.41. The number of nitrogens with one attached hydrogen (secondary N) is 1. The predicted molar refractivity (Wildman–Crippen MR) is 78.3 cm³/mol. The van der Waals surface area contributed by atoms with Gasteiger partial charge in [-0.3, -0.25) is 4.68 Å². The maximum absolute atomic E-state index is 4.60. The zero-order valence-electron chi connectivity index (χ0n) is 12.7. The van der Waals surface area contributed by atoms with Crippen LogP contribution in [-0.4, -0.2) is 30.6 Å². The van der Waals surface area contributed by atoms with Crippen LogP contribution in [0.1, 0.15) is 51.7 Å². The summed E-state index contributed by atoms with van der Waals surface area (Å²) in [5.41, 5.74) is 1.02. The molecule has 0 bridgehead atoms. The molecule has 0 aliphatic heterocycles. The van der Waals surface area contributed by atoms with Crippen molar-refractivity contribution in [2.24, 2.45) is 0 Å².